The van der Waals surface area contributed by atoms with E-state index in [1.165, 1.54) is 19.1 Å². The summed E-state index contributed by atoms with van der Waals surface area (Å²) in [6.45, 7) is 7.66. The molecule has 1 aromatic carbocycles. The average Bonchev–Trinajstić information content (AvgIpc) is 2.27. The zero-order valence-electron chi connectivity index (χ0n) is 11.0. The Hall–Kier alpha value is -1.03. The van der Waals surface area contributed by atoms with Crippen molar-refractivity contribution in [3.8, 4) is 0 Å². The molecule has 2 rings (SSSR count). The number of halogens is 1. The molecule has 1 fully saturated rings. The maximum Gasteiger partial charge on any atom is 0.161 e. The van der Waals surface area contributed by atoms with Crippen LogP contribution in [0.2, 0.25) is 0 Å². The first-order valence-electron chi connectivity index (χ1n) is 6.08. The molecule has 1 saturated heterocycles. The van der Waals surface area contributed by atoms with Crippen LogP contribution in [0.15, 0.2) is 18.2 Å². The first kappa shape index (κ1) is 13.4. The van der Waals surface area contributed by atoms with Crippen molar-refractivity contribution in [2.75, 3.05) is 23.7 Å². The number of ketones is 1. The van der Waals surface area contributed by atoms with Gasteiger partial charge in [0.15, 0.2) is 5.78 Å². The van der Waals surface area contributed by atoms with Crippen LogP contribution in [-0.2, 0) is 0 Å². The van der Waals surface area contributed by atoms with Gasteiger partial charge in [-0.1, -0.05) is 0 Å². The van der Waals surface area contributed by atoms with Crippen molar-refractivity contribution in [3.63, 3.8) is 0 Å². The zero-order chi connectivity index (χ0) is 13.3. The number of Topliss-reactive ketones (excluding diaryl/α,β-unsaturated/α-hetero) is 1. The summed E-state index contributed by atoms with van der Waals surface area (Å²) in [7, 11) is 0. The molecule has 1 heterocycles. The highest BCUT2D eigenvalue weighted by Crippen LogP contribution is 2.33. The molecule has 0 unspecified atom stereocenters. The number of thioether (sulfide) groups is 1. The van der Waals surface area contributed by atoms with Gasteiger partial charge in [-0.2, -0.15) is 11.8 Å². The minimum Gasteiger partial charge on any atom is -0.369 e. The van der Waals surface area contributed by atoms with Gasteiger partial charge in [0.2, 0.25) is 0 Å². The van der Waals surface area contributed by atoms with Gasteiger partial charge in [-0.25, -0.2) is 4.39 Å². The molecule has 0 bridgehead atoms. The van der Waals surface area contributed by atoms with Crippen LogP contribution >= 0.6 is 11.8 Å². The summed E-state index contributed by atoms with van der Waals surface area (Å²) in [5, 5.41) is 0. The van der Waals surface area contributed by atoms with Crippen molar-refractivity contribution in [1.82, 2.24) is 0 Å². The van der Waals surface area contributed by atoms with Gasteiger partial charge in [-0.05, 0) is 39.0 Å². The molecule has 0 atom stereocenters. The molecule has 0 aromatic heterocycles. The third-order valence-electron chi connectivity index (χ3n) is 3.10. The maximum absolute atomic E-state index is 13.3. The van der Waals surface area contributed by atoms with Gasteiger partial charge in [0.1, 0.15) is 5.82 Å². The zero-order valence-corrected chi connectivity index (χ0v) is 11.8. The van der Waals surface area contributed by atoms with Crippen molar-refractivity contribution >= 4 is 23.2 Å². The van der Waals surface area contributed by atoms with Gasteiger partial charge in [-0.15, -0.1) is 0 Å². The molecule has 1 aromatic rings. The van der Waals surface area contributed by atoms with E-state index >= 15 is 0 Å². The lowest BCUT2D eigenvalue weighted by Crippen LogP contribution is -2.43. The lowest BCUT2D eigenvalue weighted by atomic mass is 10.1. The Morgan fingerprint density at radius 2 is 2.17 bits per heavy atom. The Bertz CT molecular complexity index is 473. The van der Waals surface area contributed by atoms with Gasteiger partial charge in [0, 0.05) is 34.8 Å². The first-order chi connectivity index (χ1) is 8.39. The van der Waals surface area contributed by atoms with E-state index < -0.39 is 0 Å². The number of hydrogen-bond donors (Lipinski definition) is 0. The number of carbonyl (C=O) groups excluding carboxylic acids is 1. The molecule has 0 aliphatic carbocycles. The Morgan fingerprint density at radius 1 is 1.44 bits per heavy atom. The SMILES string of the molecule is CC(=O)c1cc(F)ccc1N1CCSC(C)(C)C1. The van der Waals surface area contributed by atoms with Crippen LogP contribution in [0.1, 0.15) is 31.1 Å². The summed E-state index contributed by atoms with van der Waals surface area (Å²) in [6.07, 6.45) is 0. The largest absolute Gasteiger partial charge is 0.369 e. The van der Waals surface area contributed by atoms with Crippen LogP contribution in [0.5, 0.6) is 0 Å². The Morgan fingerprint density at radius 3 is 2.78 bits per heavy atom. The lowest BCUT2D eigenvalue weighted by molar-refractivity contribution is 0.101. The van der Waals surface area contributed by atoms with Crippen LogP contribution in [0, 0.1) is 5.82 Å². The monoisotopic (exact) mass is 267 g/mol. The van der Waals surface area contributed by atoms with E-state index in [2.05, 4.69) is 18.7 Å². The highest BCUT2D eigenvalue weighted by atomic mass is 32.2. The lowest BCUT2D eigenvalue weighted by Gasteiger charge is -2.39. The average molecular weight is 267 g/mol. The molecule has 0 amide bonds. The summed E-state index contributed by atoms with van der Waals surface area (Å²) in [6, 6.07) is 4.49. The summed E-state index contributed by atoms with van der Waals surface area (Å²) < 4.78 is 13.4. The Labute approximate surface area is 112 Å². The third-order valence-corrected chi connectivity index (χ3v) is 4.40. The van der Waals surface area contributed by atoms with Crippen LogP contribution in [0.25, 0.3) is 0 Å². The molecule has 18 heavy (non-hydrogen) atoms. The second kappa shape index (κ2) is 4.92. The van der Waals surface area contributed by atoms with Gasteiger partial charge < -0.3 is 4.90 Å². The van der Waals surface area contributed by atoms with E-state index in [1.807, 2.05) is 11.8 Å². The fraction of sp³-hybridized carbons (Fsp3) is 0.500. The van der Waals surface area contributed by atoms with Gasteiger partial charge in [0.25, 0.3) is 0 Å². The summed E-state index contributed by atoms with van der Waals surface area (Å²) in [4.78, 5) is 13.8. The van der Waals surface area contributed by atoms with E-state index in [0.717, 1.165) is 24.5 Å². The molecular formula is C14H18FNOS. The molecular weight excluding hydrogens is 249 g/mol. The molecule has 2 nitrogen and oxygen atoms in total. The highest BCUT2D eigenvalue weighted by Gasteiger charge is 2.28. The second-order valence-corrected chi connectivity index (χ2v) is 7.05. The predicted molar refractivity (Wildman–Crippen MR) is 75.2 cm³/mol. The minimum atomic E-state index is -0.352. The Kier molecular flexibility index (Phi) is 3.66. The standard InChI is InChI=1S/C14H18FNOS/c1-10(17)12-8-11(15)4-5-13(12)16-6-7-18-14(2,3)9-16/h4-5,8H,6-7,9H2,1-3H3. The Balaban J connectivity index is 2.35. The fourth-order valence-corrected chi connectivity index (χ4v) is 3.40. The number of anilines is 1. The molecule has 0 radical (unpaired) electrons. The molecule has 1 aliphatic rings. The molecule has 0 spiro atoms. The van der Waals surface area contributed by atoms with E-state index in [0.29, 0.717) is 5.56 Å². The van der Waals surface area contributed by atoms with E-state index in [4.69, 9.17) is 0 Å². The number of nitrogens with zero attached hydrogens (tertiary/aromatic N) is 1. The van der Waals surface area contributed by atoms with Crippen molar-refractivity contribution < 1.29 is 9.18 Å². The van der Waals surface area contributed by atoms with Gasteiger partial charge in [0.05, 0.1) is 0 Å². The number of carbonyl (C=O) groups is 1. The summed E-state index contributed by atoms with van der Waals surface area (Å²) in [5.41, 5.74) is 1.34. The van der Waals surface area contributed by atoms with Gasteiger partial charge >= 0.3 is 0 Å². The number of rotatable bonds is 2. The normalized spacial score (nSPS) is 18.8. The topological polar surface area (TPSA) is 20.3 Å². The van der Waals surface area contributed by atoms with Crippen molar-refractivity contribution in [3.05, 3.63) is 29.6 Å². The summed E-state index contributed by atoms with van der Waals surface area (Å²) >= 11 is 1.94. The highest BCUT2D eigenvalue weighted by molar-refractivity contribution is 8.00. The summed E-state index contributed by atoms with van der Waals surface area (Å²) in [5.74, 6) is 0.594. The van der Waals surface area contributed by atoms with E-state index in [9.17, 15) is 9.18 Å². The first-order valence-corrected chi connectivity index (χ1v) is 7.07. The van der Waals surface area contributed by atoms with Crippen molar-refractivity contribution in [2.45, 2.75) is 25.5 Å². The molecule has 98 valence electrons. The fourth-order valence-electron chi connectivity index (χ4n) is 2.29. The number of hydrogen-bond acceptors (Lipinski definition) is 3. The smallest absolute Gasteiger partial charge is 0.161 e. The van der Waals surface area contributed by atoms with Crippen LogP contribution in [-0.4, -0.2) is 29.4 Å². The molecule has 4 heteroatoms. The van der Waals surface area contributed by atoms with Crippen LogP contribution in [0.4, 0.5) is 10.1 Å². The third kappa shape index (κ3) is 2.86. The van der Waals surface area contributed by atoms with Gasteiger partial charge in [-0.3, -0.25) is 4.79 Å². The van der Waals surface area contributed by atoms with Crippen molar-refractivity contribution in [1.29, 1.82) is 0 Å². The minimum absolute atomic E-state index is 0.0828. The predicted octanol–water partition coefficient (Wildman–Crippen LogP) is 3.36. The molecule has 1 aliphatic heterocycles. The quantitative estimate of drug-likeness (QED) is 0.766. The number of benzene rings is 1. The molecule has 0 N–H and O–H groups in total. The van der Waals surface area contributed by atoms with Crippen LogP contribution in [0.3, 0.4) is 0 Å². The maximum atomic E-state index is 13.3. The second-order valence-electron chi connectivity index (χ2n) is 5.25. The van der Waals surface area contributed by atoms with Crippen molar-refractivity contribution in [2.24, 2.45) is 0 Å². The van der Waals surface area contributed by atoms with Crippen LogP contribution < -0.4 is 4.90 Å². The van der Waals surface area contributed by atoms with E-state index in [-0.39, 0.29) is 16.3 Å². The molecule has 0 saturated carbocycles. The van der Waals surface area contributed by atoms with E-state index in [1.54, 1.807) is 6.07 Å².